The van der Waals surface area contributed by atoms with Crippen LogP contribution >= 0.6 is 15.9 Å². The molecule has 1 aromatic heterocycles. The first-order valence-corrected chi connectivity index (χ1v) is 6.89. The number of nitrogens with zero attached hydrogens (tertiary/aromatic N) is 2. The van der Waals surface area contributed by atoms with E-state index in [4.69, 9.17) is 4.42 Å². The van der Waals surface area contributed by atoms with Gasteiger partial charge in [0, 0.05) is 13.1 Å². The van der Waals surface area contributed by atoms with Gasteiger partial charge in [-0.05, 0) is 34.5 Å². The smallest absolute Gasteiger partial charge is 0.417 e. The lowest BCUT2D eigenvalue weighted by molar-refractivity contribution is -0.127. The minimum Gasteiger partial charge on any atom is -0.444 e. The summed E-state index contributed by atoms with van der Waals surface area (Å²) in [7, 11) is 0. The number of cyclic esters (lactones) is 1. The van der Waals surface area contributed by atoms with Gasteiger partial charge < -0.3 is 14.1 Å². The van der Waals surface area contributed by atoms with Crippen molar-refractivity contribution in [1.29, 1.82) is 0 Å². The number of carbonyl (C=O) groups is 3. The van der Waals surface area contributed by atoms with Crippen LogP contribution in [0.2, 0.25) is 0 Å². The highest BCUT2D eigenvalue weighted by Gasteiger charge is 2.41. The second-order valence-corrected chi connectivity index (χ2v) is 5.40. The molecular formula is C12H11BrN2O5. The van der Waals surface area contributed by atoms with Gasteiger partial charge in [0.1, 0.15) is 0 Å². The zero-order valence-corrected chi connectivity index (χ0v) is 12.0. The molecule has 2 aliphatic rings. The fourth-order valence-corrected chi connectivity index (χ4v) is 2.75. The summed E-state index contributed by atoms with van der Waals surface area (Å²) in [4.78, 5) is 37.9. The Bertz CT molecular complexity index is 568. The molecule has 3 heterocycles. The lowest BCUT2D eigenvalue weighted by Gasteiger charge is -2.19. The Labute approximate surface area is 122 Å². The van der Waals surface area contributed by atoms with Crippen LogP contribution in [0.1, 0.15) is 17.0 Å². The predicted octanol–water partition coefficient (Wildman–Crippen LogP) is 1.24. The molecule has 2 saturated heterocycles. The Morgan fingerprint density at radius 3 is 2.75 bits per heavy atom. The maximum Gasteiger partial charge on any atom is 0.417 e. The Hall–Kier alpha value is -1.83. The molecule has 2 aliphatic heterocycles. The Balaban J connectivity index is 1.69. The molecular weight excluding hydrogens is 332 g/mol. The van der Waals surface area contributed by atoms with Crippen LogP contribution in [0.15, 0.2) is 21.2 Å². The van der Waals surface area contributed by atoms with Crippen LogP contribution in [0.4, 0.5) is 4.79 Å². The number of rotatable bonds is 2. The number of furan rings is 1. The van der Waals surface area contributed by atoms with Gasteiger partial charge in [-0.3, -0.25) is 9.59 Å². The van der Waals surface area contributed by atoms with Crippen LogP contribution < -0.4 is 0 Å². The molecule has 0 aliphatic carbocycles. The third-order valence-corrected chi connectivity index (χ3v) is 3.81. The van der Waals surface area contributed by atoms with Gasteiger partial charge in [0.2, 0.25) is 0 Å². The third-order valence-electron chi connectivity index (χ3n) is 3.38. The molecule has 0 radical (unpaired) electrons. The first-order valence-electron chi connectivity index (χ1n) is 6.09. The molecule has 1 aromatic rings. The fourth-order valence-electron chi connectivity index (χ4n) is 2.44. The number of imide groups is 1. The zero-order valence-electron chi connectivity index (χ0n) is 10.4. The van der Waals surface area contributed by atoms with E-state index < -0.39 is 6.09 Å². The van der Waals surface area contributed by atoms with E-state index in [1.165, 1.54) is 0 Å². The van der Waals surface area contributed by atoms with Crippen molar-refractivity contribution in [3.8, 4) is 0 Å². The summed E-state index contributed by atoms with van der Waals surface area (Å²) < 4.78 is 10.4. The zero-order chi connectivity index (χ0) is 14.3. The number of hydrogen-bond donors (Lipinski definition) is 0. The molecule has 20 heavy (non-hydrogen) atoms. The van der Waals surface area contributed by atoms with Crippen molar-refractivity contribution in [2.45, 2.75) is 12.5 Å². The molecule has 0 spiro atoms. The van der Waals surface area contributed by atoms with Gasteiger partial charge in [0.05, 0.1) is 6.04 Å². The van der Waals surface area contributed by atoms with E-state index in [0.717, 1.165) is 4.90 Å². The van der Waals surface area contributed by atoms with Crippen LogP contribution in [0.5, 0.6) is 0 Å². The van der Waals surface area contributed by atoms with Crippen molar-refractivity contribution < 1.29 is 23.5 Å². The number of likely N-dealkylation sites (tertiary alicyclic amines) is 1. The summed E-state index contributed by atoms with van der Waals surface area (Å²) in [6, 6.07) is 2.90. The van der Waals surface area contributed by atoms with Gasteiger partial charge in [0.15, 0.2) is 17.0 Å². The van der Waals surface area contributed by atoms with Crippen LogP contribution in [0.25, 0.3) is 0 Å². The summed E-state index contributed by atoms with van der Waals surface area (Å²) in [6.45, 7) is 0.561. The highest BCUT2D eigenvalue weighted by Crippen LogP contribution is 2.23. The quantitative estimate of drug-likeness (QED) is 0.807. The Kier molecular flexibility index (Phi) is 3.25. The van der Waals surface area contributed by atoms with Crippen LogP contribution in [-0.2, 0) is 9.53 Å². The number of carbonyl (C=O) groups excluding carboxylic acids is 3. The van der Waals surface area contributed by atoms with Gasteiger partial charge in [-0.2, -0.15) is 0 Å². The monoisotopic (exact) mass is 342 g/mol. The maximum absolute atomic E-state index is 12.2. The van der Waals surface area contributed by atoms with Crippen LogP contribution in [0.3, 0.4) is 0 Å². The lowest BCUT2D eigenvalue weighted by atomic mass is 10.2. The standard InChI is InChI=1S/C12H11BrN2O5/c13-9-2-1-8(20-9)11(17)14-4-3-7(5-14)15-10(16)6-19-12(15)18/h1-2,7H,3-6H2/t7-/m0/s1. The predicted molar refractivity (Wildman–Crippen MR) is 68.9 cm³/mol. The van der Waals surface area contributed by atoms with Crippen molar-refractivity contribution in [1.82, 2.24) is 9.80 Å². The average molecular weight is 343 g/mol. The van der Waals surface area contributed by atoms with Crippen molar-refractivity contribution in [3.63, 3.8) is 0 Å². The van der Waals surface area contributed by atoms with Crippen LogP contribution in [-0.4, -0.2) is 53.4 Å². The second kappa shape index (κ2) is 4.93. The number of ether oxygens (including phenoxy) is 1. The molecule has 1 atom stereocenters. The Morgan fingerprint density at radius 2 is 2.15 bits per heavy atom. The van der Waals surface area contributed by atoms with E-state index in [-0.39, 0.29) is 30.2 Å². The van der Waals surface area contributed by atoms with E-state index in [9.17, 15) is 14.4 Å². The molecule has 7 nitrogen and oxygen atoms in total. The molecule has 0 bridgehead atoms. The van der Waals surface area contributed by atoms with Crippen molar-refractivity contribution >= 4 is 33.8 Å². The highest BCUT2D eigenvalue weighted by molar-refractivity contribution is 9.10. The molecule has 0 N–H and O–H groups in total. The topological polar surface area (TPSA) is 80.1 Å². The minimum atomic E-state index is -0.630. The first-order chi connectivity index (χ1) is 9.56. The minimum absolute atomic E-state index is 0.214. The molecule has 8 heteroatoms. The van der Waals surface area contributed by atoms with Gasteiger partial charge in [0.25, 0.3) is 11.8 Å². The van der Waals surface area contributed by atoms with Crippen molar-refractivity contribution in [3.05, 3.63) is 22.6 Å². The van der Waals surface area contributed by atoms with E-state index in [1.54, 1.807) is 17.0 Å². The van der Waals surface area contributed by atoms with E-state index in [0.29, 0.717) is 24.2 Å². The van der Waals surface area contributed by atoms with E-state index in [1.807, 2.05) is 0 Å². The molecule has 106 valence electrons. The van der Waals surface area contributed by atoms with Gasteiger partial charge in [-0.25, -0.2) is 9.69 Å². The molecule has 0 saturated carbocycles. The fraction of sp³-hybridized carbons (Fsp3) is 0.417. The second-order valence-electron chi connectivity index (χ2n) is 4.62. The highest BCUT2D eigenvalue weighted by atomic mass is 79.9. The largest absolute Gasteiger partial charge is 0.444 e. The summed E-state index contributed by atoms with van der Waals surface area (Å²) in [5, 5.41) is 0. The number of amides is 3. The first kappa shape index (κ1) is 13.2. The summed E-state index contributed by atoms with van der Waals surface area (Å²) in [5.74, 6) is -0.374. The Morgan fingerprint density at radius 1 is 1.35 bits per heavy atom. The van der Waals surface area contributed by atoms with Crippen molar-refractivity contribution in [2.24, 2.45) is 0 Å². The van der Waals surface area contributed by atoms with Gasteiger partial charge >= 0.3 is 6.09 Å². The summed E-state index contributed by atoms with van der Waals surface area (Å²) in [6.07, 6.45) is -0.0795. The van der Waals surface area contributed by atoms with Crippen LogP contribution in [0, 0.1) is 0 Å². The van der Waals surface area contributed by atoms with E-state index in [2.05, 4.69) is 20.7 Å². The molecule has 3 amide bonds. The van der Waals surface area contributed by atoms with Gasteiger partial charge in [-0.1, -0.05) is 0 Å². The molecule has 0 unspecified atom stereocenters. The van der Waals surface area contributed by atoms with E-state index >= 15 is 0 Å². The third kappa shape index (κ3) is 2.20. The molecule has 3 rings (SSSR count). The van der Waals surface area contributed by atoms with Gasteiger partial charge in [-0.15, -0.1) is 0 Å². The average Bonchev–Trinajstić information content (AvgIpc) is 3.10. The summed E-state index contributed by atoms with van der Waals surface area (Å²) in [5.41, 5.74) is 0. The number of halogens is 1. The SMILES string of the molecule is O=C(c1ccc(Br)o1)N1CC[C@H](N2C(=O)COC2=O)C1. The molecule has 0 aromatic carbocycles. The lowest BCUT2D eigenvalue weighted by Crippen LogP contribution is -2.41. The maximum atomic E-state index is 12.2. The molecule has 2 fully saturated rings. The normalized spacial score (nSPS) is 22.6. The number of hydrogen-bond acceptors (Lipinski definition) is 5. The summed E-state index contributed by atoms with van der Waals surface area (Å²) >= 11 is 3.14. The van der Waals surface area contributed by atoms with Crippen molar-refractivity contribution in [2.75, 3.05) is 19.7 Å².